The predicted octanol–water partition coefficient (Wildman–Crippen LogP) is 4.86. The van der Waals surface area contributed by atoms with Gasteiger partial charge in [-0.25, -0.2) is 9.97 Å². The first-order chi connectivity index (χ1) is 9.51. The highest BCUT2D eigenvalue weighted by molar-refractivity contribution is 9.10. The Morgan fingerprint density at radius 1 is 1.15 bits per heavy atom. The van der Waals surface area contributed by atoms with E-state index >= 15 is 0 Å². The lowest BCUT2D eigenvalue weighted by atomic mass is 10.2. The Balaban J connectivity index is 2.39. The molecule has 0 aliphatic carbocycles. The van der Waals surface area contributed by atoms with E-state index in [9.17, 15) is 0 Å². The normalized spacial score (nSPS) is 10.9. The van der Waals surface area contributed by atoms with Crippen molar-refractivity contribution >= 4 is 33.5 Å². The number of anilines is 1. The Morgan fingerprint density at radius 2 is 1.80 bits per heavy atom. The Hall–Kier alpha value is -1.07. The van der Waals surface area contributed by atoms with Crippen LogP contribution in [0.3, 0.4) is 0 Å². The van der Waals surface area contributed by atoms with Crippen LogP contribution in [0, 0.1) is 6.92 Å². The lowest BCUT2D eigenvalue weighted by Gasteiger charge is -2.13. The van der Waals surface area contributed by atoms with E-state index in [1.807, 2.05) is 19.2 Å². The van der Waals surface area contributed by atoms with Crippen LogP contribution in [0.5, 0.6) is 0 Å². The van der Waals surface area contributed by atoms with E-state index in [2.05, 4.69) is 59.1 Å². The molecule has 0 saturated heterocycles. The fraction of sp³-hybridized carbons (Fsp3) is 0.333. The van der Waals surface area contributed by atoms with E-state index in [1.54, 1.807) is 11.8 Å². The van der Waals surface area contributed by atoms with Crippen LogP contribution in [-0.2, 0) is 0 Å². The number of benzene rings is 1. The first kappa shape index (κ1) is 15.3. The van der Waals surface area contributed by atoms with Gasteiger partial charge < -0.3 is 5.32 Å². The van der Waals surface area contributed by atoms with Crippen LogP contribution in [0.1, 0.15) is 31.2 Å². The topological polar surface area (TPSA) is 37.8 Å². The van der Waals surface area contributed by atoms with Crippen molar-refractivity contribution in [2.45, 2.75) is 36.6 Å². The standard InChI is InChI=1S/C15H18BrN3S/c1-9(2)13-18-14(17-4)10(3)15(19-13)20-12-7-5-11(16)6-8-12/h5-9H,1-4H3,(H,17,18,19). The molecule has 1 heterocycles. The zero-order chi connectivity index (χ0) is 14.7. The number of rotatable bonds is 4. The van der Waals surface area contributed by atoms with Gasteiger partial charge in [0.25, 0.3) is 0 Å². The van der Waals surface area contributed by atoms with Crippen LogP contribution in [-0.4, -0.2) is 17.0 Å². The summed E-state index contributed by atoms with van der Waals surface area (Å²) in [6.07, 6.45) is 0. The highest BCUT2D eigenvalue weighted by atomic mass is 79.9. The molecule has 0 spiro atoms. The molecule has 0 atom stereocenters. The van der Waals surface area contributed by atoms with E-state index in [0.717, 1.165) is 26.7 Å². The third-order valence-electron chi connectivity index (χ3n) is 2.90. The fourth-order valence-corrected chi connectivity index (χ4v) is 2.88. The first-order valence-corrected chi connectivity index (χ1v) is 8.12. The van der Waals surface area contributed by atoms with Crippen molar-refractivity contribution in [3.63, 3.8) is 0 Å². The Labute approximate surface area is 132 Å². The molecule has 1 aromatic heterocycles. The number of nitrogens with one attached hydrogen (secondary N) is 1. The van der Waals surface area contributed by atoms with Gasteiger partial charge in [-0.1, -0.05) is 41.5 Å². The van der Waals surface area contributed by atoms with Gasteiger partial charge in [0.2, 0.25) is 0 Å². The van der Waals surface area contributed by atoms with Crippen molar-refractivity contribution in [3.05, 3.63) is 40.1 Å². The third kappa shape index (κ3) is 3.52. The molecular weight excluding hydrogens is 334 g/mol. The molecule has 1 N–H and O–H groups in total. The maximum absolute atomic E-state index is 4.70. The van der Waals surface area contributed by atoms with Crippen molar-refractivity contribution < 1.29 is 0 Å². The summed E-state index contributed by atoms with van der Waals surface area (Å²) in [5.41, 5.74) is 1.09. The minimum absolute atomic E-state index is 0.312. The molecule has 0 bridgehead atoms. The van der Waals surface area contributed by atoms with Crippen molar-refractivity contribution in [2.24, 2.45) is 0 Å². The second-order valence-electron chi connectivity index (χ2n) is 4.82. The van der Waals surface area contributed by atoms with E-state index in [1.165, 1.54) is 4.90 Å². The monoisotopic (exact) mass is 351 g/mol. The Morgan fingerprint density at radius 3 is 2.35 bits per heavy atom. The second-order valence-corrected chi connectivity index (χ2v) is 6.80. The third-order valence-corrected chi connectivity index (χ3v) is 4.53. The number of hydrogen-bond acceptors (Lipinski definition) is 4. The van der Waals surface area contributed by atoms with Gasteiger partial charge >= 0.3 is 0 Å². The minimum Gasteiger partial charge on any atom is -0.373 e. The van der Waals surface area contributed by atoms with Gasteiger partial charge in [0.05, 0.1) is 0 Å². The van der Waals surface area contributed by atoms with Gasteiger partial charge in [-0.2, -0.15) is 0 Å². The minimum atomic E-state index is 0.312. The summed E-state index contributed by atoms with van der Waals surface area (Å²) in [6, 6.07) is 8.26. The van der Waals surface area contributed by atoms with Crippen LogP contribution in [0.15, 0.2) is 38.7 Å². The SMILES string of the molecule is CNc1nc(C(C)C)nc(Sc2ccc(Br)cc2)c1C. The first-order valence-electron chi connectivity index (χ1n) is 6.51. The molecule has 0 saturated carbocycles. The van der Waals surface area contributed by atoms with E-state index in [0.29, 0.717) is 5.92 Å². The van der Waals surface area contributed by atoms with E-state index in [4.69, 9.17) is 4.98 Å². The van der Waals surface area contributed by atoms with Gasteiger partial charge in [-0.05, 0) is 31.2 Å². The lowest BCUT2D eigenvalue weighted by molar-refractivity contribution is 0.750. The van der Waals surface area contributed by atoms with Gasteiger partial charge in [-0.3, -0.25) is 0 Å². The zero-order valence-electron chi connectivity index (χ0n) is 12.1. The number of nitrogens with zero attached hydrogens (tertiary/aromatic N) is 2. The average Bonchev–Trinajstić information content (AvgIpc) is 2.43. The van der Waals surface area contributed by atoms with Crippen molar-refractivity contribution in [1.82, 2.24) is 9.97 Å². The maximum atomic E-state index is 4.70. The molecule has 0 aliphatic rings. The maximum Gasteiger partial charge on any atom is 0.134 e. The molecule has 0 amide bonds. The molecule has 106 valence electrons. The number of halogens is 1. The number of aromatic nitrogens is 2. The number of hydrogen-bond donors (Lipinski definition) is 1. The average molecular weight is 352 g/mol. The van der Waals surface area contributed by atoms with Crippen molar-refractivity contribution in [2.75, 3.05) is 12.4 Å². The summed E-state index contributed by atoms with van der Waals surface area (Å²) in [7, 11) is 1.90. The summed E-state index contributed by atoms with van der Waals surface area (Å²) < 4.78 is 1.08. The highest BCUT2D eigenvalue weighted by Gasteiger charge is 2.13. The molecule has 5 heteroatoms. The molecule has 1 aromatic carbocycles. The van der Waals surface area contributed by atoms with E-state index in [-0.39, 0.29) is 0 Å². The zero-order valence-corrected chi connectivity index (χ0v) is 14.5. The van der Waals surface area contributed by atoms with Crippen LogP contribution in [0.25, 0.3) is 0 Å². The predicted molar refractivity (Wildman–Crippen MR) is 88.7 cm³/mol. The summed E-state index contributed by atoms with van der Waals surface area (Å²) in [6.45, 7) is 6.27. The quantitative estimate of drug-likeness (QED) is 0.797. The molecule has 20 heavy (non-hydrogen) atoms. The summed E-state index contributed by atoms with van der Waals surface area (Å²) in [5.74, 6) is 2.09. The summed E-state index contributed by atoms with van der Waals surface area (Å²) >= 11 is 5.13. The Kier molecular flexibility index (Phi) is 5.05. The smallest absolute Gasteiger partial charge is 0.134 e. The van der Waals surface area contributed by atoms with Gasteiger partial charge in [0.1, 0.15) is 16.7 Å². The van der Waals surface area contributed by atoms with Crippen molar-refractivity contribution in [3.8, 4) is 0 Å². The van der Waals surface area contributed by atoms with Crippen LogP contribution >= 0.6 is 27.7 Å². The Bertz CT molecular complexity index is 597. The molecular formula is C15H18BrN3S. The summed E-state index contributed by atoms with van der Waals surface area (Å²) in [4.78, 5) is 10.4. The van der Waals surface area contributed by atoms with E-state index < -0.39 is 0 Å². The fourth-order valence-electron chi connectivity index (χ4n) is 1.73. The molecule has 0 aliphatic heterocycles. The second kappa shape index (κ2) is 6.59. The largest absolute Gasteiger partial charge is 0.373 e. The van der Waals surface area contributed by atoms with Crippen LogP contribution in [0.2, 0.25) is 0 Å². The molecule has 0 fully saturated rings. The molecule has 2 aromatic rings. The molecule has 0 radical (unpaired) electrons. The lowest BCUT2D eigenvalue weighted by Crippen LogP contribution is -2.06. The van der Waals surface area contributed by atoms with Crippen LogP contribution < -0.4 is 5.32 Å². The molecule has 2 rings (SSSR count). The van der Waals surface area contributed by atoms with Gasteiger partial charge in [0.15, 0.2) is 0 Å². The van der Waals surface area contributed by atoms with Gasteiger partial charge in [0, 0.05) is 27.9 Å². The summed E-state index contributed by atoms with van der Waals surface area (Å²) in [5, 5.41) is 4.16. The molecule has 0 unspecified atom stereocenters. The van der Waals surface area contributed by atoms with Crippen LogP contribution in [0.4, 0.5) is 5.82 Å². The highest BCUT2D eigenvalue weighted by Crippen LogP contribution is 2.32. The van der Waals surface area contributed by atoms with Gasteiger partial charge in [-0.15, -0.1) is 0 Å². The molecule has 3 nitrogen and oxygen atoms in total. The van der Waals surface area contributed by atoms with Crippen molar-refractivity contribution in [1.29, 1.82) is 0 Å².